The minimum atomic E-state index is -0.847. The molecule has 0 aliphatic rings. The largest absolute Gasteiger partial charge is 0.320 e. The highest BCUT2D eigenvalue weighted by atomic mass is 16.6. The number of hydrogen-bond acceptors (Lipinski definition) is 7. The summed E-state index contributed by atoms with van der Waals surface area (Å²) in [6.45, 7) is 2.22. The lowest BCUT2D eigenvalue weighted by Gasteiger charge is -2.13. The normalized spacial score (nSPS) is 10.1. The van der Waals surface area contributed by atoms with Gasteiger partial charge in [-0.1, -0.05) is 12.1 Å². The lowest BCUT2D eigenvalue weighted by molar-refractivity contribution is -0.384. The number of nitrogens with zero attached hydrogens (tertiary/aromatic N) is 2. The minimum absolute atomic E-state index is 0.253. The average molecular weight is 386 g/mol. The number of carbonyl (C=O) groups is 3. The van der Waals surface area contributed by atoms with E-state index in [1.807, 2.05) is 0 Å². The van der Waals surface area contributed by atoms with Gasteiger partial charge in [0.05, 0.1) is 21.0 Å². The molecule has 0 aromatic heterocycles. The van der Waals surface area contributed by atoms with Crippen LogP contribution in [0.3, 0.4) is 0 Å². The van der Waals surface area contributed by atoms with Gasteiger partial charge < -0.3 is 10.6 Å². The van der Waals surface area contributed by atoms with E-state index in [0.29, 0.717) is 0 Å². The number of benzene rings is 2. The van der Waals surface area contributed by atoms with Crippen LogP contribution in [0.1, 0.15) is 29.8 Å². The molecule has 0 aliphatic heterocycles. The van der Waals surface area contributed by atoms with Gasteiger partial charge in [0, 0.05) is 26.0 Å². The molecule has 0 saturated carbocycles. The van der Waals surface area contributed by atoms with Crippen molar-refractivity contribution in [2.75, 3.05) is 10.6 Å². The molecule has 0 radical (unpaired) electrons. The smallest absolute Gasteiger partial charge is 0.293 e. The second-order valence-electron chi connectivity index (χ2n) is 5.61. The SMILES string of the molecule is CC(=O)Nc1c(C(=O)c2cccc([N+](=O)[O-])c2NC(C)=O)cccc1[N+](=O)[O-]. The van der Waals surface area contributed by atoms with E-state index in [1.54, 1.807) is 0 Å². The van der Waals surface area contributed by atoms with Crippen molar-refractivity contribution in [3.8, 4) is 0 Å². The van der Waals surface area contributed by atoms with Crippen LogP contribution >= 0.6 is 0 Å². The van der Waals surface area contributed by atoms with Crippen LogP contribution in [0.2, 0.25) is 0 Å². The zero-order valence-corrected chi connectivity index (χ0v) is 14.7. The molecule has 2 aromatic rings. The number of nitro groups is 2. The maximum atomic E-state index is 13.1. The summed E-state index contributed by atoms with van der Waals surface area (Å²) in [6.07, 6.45) is 0. The Balaban J connectivity index is 2.73. The monoisotopic (exact) mass is 386 g/mol. The van der Waals surface area contributed by atoms with E-state index in [1.165, 1.54) is 24.3 Å². The van der Waals surface area contributed by atoms with Gasteiger partial charge in [-0.2, -0.15) is 0 Å². The topological polar surface area (TPSA) is 162 Å². The van der Waals surface area contributed by atoms with Gasteiger partial charge in [-0.15, -0.1) is 0 Å². The molecular formula is C17H14N4O7. The Morgan fingerprint density at radius 2 is 1.11 bits per heavy atom. The van der Waals surface area contributed by atoms with E-state index in [-0.39, 0.29) is 22.5 Å². The number of hydrogen-bond donors (Lipinski definition) is 2. The van der Waals surface area contributed by atoms with E-state index >= 15 is 0 Å². The molecule has 2 aromatic carbocycles. The standard InChI is InChI=1S/C17H14N4O7/c1-9(22)18-15-11(5-3-7-13(15)20(25)26)17(24)12-6-4-8-14(21(27)28)16(12)19-10(2)23/h3-8H,1-2H3,(H,18,22)(H,19,23). The van der Waals surface area contributed by atoms with E-state index < -0.39 is 38.8 Å². The van der Waals surface area contributed by atoms with Crippen LogP contribution in [-0.4, -0.2) is 27.4 Å². The summed E-state index contributed by atoms with van der Waals surface area (Å²) in [7, 11) is 0. The maximum absolute atomic E-state index is 13.1. The summed E-state index contributed by atoms with van der Waals surface area (Å²) >= 11 is 0. The predicted octanol–water partition coefficient (Wildman–Crippen LogP) is 2.65. The van der Waals surface area contributed by atoms with Crippen molar-refractivity contribution >= 4 is 40.3 Å². The Labute approximate surface area is 157 Å². The number of amides is 2. The molecule has 0 unspecified atom stereocenters. The van der Waals surface area contributed by atoms with Crippen molar-refractivity contribution in [3.05, 3.63) is 67.8 Å². The highest BCUT2D eigenvalue weighted by molar-refractivity contribution is 6.19. The molecule has 0 spiro atoms. The third kappa shape index (κ3) is 4.15. The third-order valence-corrected chi connectivity index (χ3v) is 3.57. The van der Waals surface area contributed by atoms with Crippen LogP contribution < -0.4 is 10.6 Å². The van der Waals surface area contributed by atoms with Gasteiger partial charge in [0.15, 0.2) is 5.78 Å². The van der Waals surface area contributed by atoms with Gasteiger partial charge in [0.25, 0.3) is 11.4 Å². The fraction of sp³-hybridized carbons (Fsp3) is 0.118. The lowest BCUT2D eigenvalue weighted by Crippen LogP contribution is -2.16. The van der Waals surface area contributed by atoms with Crippen LogP contribution in [0.25, 0.3) is 0 Å². The third-order valence-electron chi connectivity index (χ3n) is 3.57. The van der Waals surface area contributed by atoms with Gasteiger partial charge in [-0.3, -0.25) is 34.6 Å². The Kier molecular flexibility index (Phi) is 5.79. The molecule has 28 heavy (non-hydrogen) atoms. The first-order valence-electron chi connectivity index (χ1n) is 7.78. The van der Waals surface area contributed by atoms with E-state index in [2.05, 4.69) is 10.6 Å². The predicted molar refractivity (Wildman–Crippen MR) is 98.2 cm³/mol. The first-order chi connectivity index (χ1) is 13.1. The number of rotatable bonds is 6. The number of para-hydroxylation sites is 2. The molecule has 11 heteroatoms. The second-order valence-corrected chi connectivity index (χ2v) is 5.61. The van der Waals surface area contributed by atoms with Gasteiger partial charge in [0.2, 0.25) is 11.8 Å². The van der Waals surface area contributed by atoms with E-state index in [4.69, 9.17) is 0 Å². The molecule has 144 valence electrons. The van der Waals surface area contributed by atoms with Crippen molar-refractivity contribution in [1.29, 1.82) is 0 Å². The molecule has 0 bridgehead atoms. The quantitative estimate of drug-likeness (QED) is 0.438. The van der Waals surface area contributed by atoms with Crippen molar-refractivity contribution in [1.82, 2.24) is 0 Å². The van der Waals surface area contributed by atoms with Crippen molar-refractivity contribution < 1.29 is 24.2 Å². The fourth-order valence-electron chi connectivity index (χ4n) is 2.52. The molecule has 0 aliphatic carbocycles. The Bertz CT molecular complexity index is 937. The number of nitrogens with one attached hydrogen (secondary N) is 2. The maximum Gasteiger partial charge on any atom is 0.293 e. The first kappa shape index (κ1) is 20.2. The molecule has 2 amide bonds. The zero-order valence-electron chi connectivity index (χ0n) is 14.7. The first-order valence-corrected chi connectivity index (χ1v) is 7.78. The molecule has 0 saturated heterocycles. The van der Waals surface area contributed by atoms with Crippen LogP contribution in [-0.2, 0) is 9.59 Å². The van der Waals surface area contributed by atoms with Gasteiger partial charge in [-0.05, 0) is 12.1 Å². The van der Waals surface area contributed by atoms with Crippen LogP contribution in [0, 0.1) is 20.2 Å². The number of ketones is 1. The number of carbonyl (C=O) groups excluding carboxylic acids is 3. The van der Waals surface area contributed by atoms with Gasteiger partial charge in [-0.25, -0.2) is 0 Å². The van der Waals surface area contributed by atoms with Crippen molar-refractivity contribution in [2.24, 2.45) is 0 Å². The average Bonchev–Trinajstić information content (AvgIpc) is 2.60. The van der Waals surface area contributed by atoms with Crippen molar-refractivity contribution in [2.45, 2.75) is 13.8 Å². The van der Waals surface area contributed by atoms with Crippen LogP contribution in [0.4, 0.5) is 22.7 Å². The molecule has 0 heterocycles. The van der Waals surface area contributed by atoms with E-state index in [9.17, 15) is 34.6 Å². The molecule has 0 atom stereocenters. The molecule has 2 rings (SSSR count). The van der Waals surface area contributed by atoms with Crippen molar-refractivity contribution in [3.63, 3.8) is 0 Å². The second kappa shape index (κ2) is 8.03. The zero-order chi connectivity index (χ0) is 21.0. The molecule has 0 fully saturated rings. The summed E-state index contributed by atoms with van der Waals surface area (Å²) < 4.78 is 0. The van der Waals surface area contributed by atoms with Crippen LogP contribution in [0.5, 0.6) is 0 Å². The van der Waals surface area contributed by atoms with Gasteiger partial charge >= 0.3 is 0 Å². The Morgan fingerprint density at radius 1 is 0.750 bits per heavy atom. The van der Waals surface area contributed by atoms with Gasteiger partial charge in [0.1, 0.15) is 11.4 Å². The number of anilines is 2. The molecule has 11 nitrogen and oxygen atoms in total. The highest BCUT2D eigenvalue weighted by Crippen LogP contribution is 2.34. The Morgan fingerprint density at radius 3 is 1.39 bits per heavy atom. The Hall–Kier alpha value is -4.15. The van der Waals surface area contributed by atoms with E-state index in [0.717, 1.165) is 26.0 Å². The number of nitro benzene ring substituents is 2. The summed E-state index contributed by atoms with van der Waals surface area (Å²) in [6, 6.07) is 7.15. The van der Waals surface area contributed by atoms with Crippen LogP contribution in [0.15, 0.2) is 36.4 Å². The summed E-state index contributed by atoms with van der Waals surface area (Å²) in [5.41, 5.74) is -2.23. The minimum Gasteiger partial charge on any atom is -0.320 e. The molecule has 2 N–H and O–H groups in total. The lowest BCUT2D eigenvalue weighted by atomic mass is 9.98. The highest BCUT2D eigenvalue weighted by Gasteiger charge is 2.28. The summed E-state index contributed by atoms with van der Waals surface area (Å²) in [4.78, 5) is 57.0. The fourth-order valence-corrected chi connectivity index (χ4v) is 2.52. The summed E-state index contributed by atoms with van der Waals surface area (Å²) in [5.74, 6) is -2.14. The summed E-state index contributed by atoms with van der Waals surface area (Å²) in [5, 5.41) is 27.0. The molecular weight excluding hydrogens is 372 g/mol.